The minimum absolute atomic E-state index is 0.623. The molecule has 0 aliphatic carbocycles. The van der Waals surface area contributed by atoms with Crippen molar-refractivity contribution in [3.05, 3.63) is 60.3 Å². The van der Waals surface area contributed by atoms with E-state index in [9.17, 15) is 13.2 Å². The van der Waals surface area contributed by atoms with Crippen LogP contribution >= 0.6 is 0 Å². The van der Waals surface area contributed by atoms with E-state index in [1.807, 2.05) is 38.5 Å². The lowest BCUT2D eigenvalue weighted by Crippen LogP contribution is -2.17. The quantitative estimate of drug-likeness (QED) is 0.660. The number of hydrogen-bond acceptors (Lipinski definition) is 1. The van der Waals surface area contributed by atoms with Crippen molar-refractivity contribution in [2.75, 3.05) is 20.6 Å². The van der Waals surface area contributed by atoms with E-state index in [1.165, 1.54) is 12.1 Å². The maximum absolute atomic E-state index is 12.7. The van der Waals surface area contributed by atoms with E-state index in [-0.39, 0.29) is 0 Å². The van der Waals surface area contributed by atoms with Crippen molar-refractivity contribution in [3.8, 4) is 11.1 Å². The molecule has 0 aliphatic rings. The average molecular weight is 332 g/mol. The Morgan fingerprint density at radius 1 is 0.917 bits per heavy atom. The Kier molecular flexibility index (Phi) is 4.37. The molecule has 2 aromatic carbocycles. The number of benzene rings is 2. The number of hydrogen-bond donors (Lipinski definition) is 0. The van der Waals surface area contributed by atoms with Crippen molar-refractivity contribution >= 4 is 10.9 Å². The lowest BCUT2D eigenvalue weighted by molar-refractivity contribution is -0.137. The first kappa shape index (κ1) is 16.6. The van der Waals surface area contributed by atoms with E-state index in [1.54, 1.807) is 0 Å². The molecule has 126 valence electrons. The van der Waals surface area contributed by atoms with Gasteiger partial charge in [-0.1, -0.05) is 24.3 Å². The predicted molar refractivity (Wildman–Crippen MR) is 90.9 cm³/mol. The fraction of sp³-hybridized carbons (Fsp3) is 0.263. The Balaban J connectivity index is 1.93. The van der Waals surface area contributed by atoms with Gasteiger partial charge in [-0.3, -0.25) is 0 Å². The molecule has 3 aromatic rings. The van der Waals surface area contributed by atoms with Crippen LogP contribution in [-0.2, 0) is 12.7 Å². The molecule has 24 heavy (non-hydrogen) atoms. The molecule has 0 bridgehead atoms. The van der Waals surface area contributed by atoms with Gasteiger partial charge in [-0.2, -0.15) is 13.2 Å². The van der Waals surface area contributed by atoms with E-state index < -0.39 is 11.7 Å². The van der Waals surface area contributed by atoms with E-state index in [4.69, 9.17) is 0 Å². The van der Waals surface area contributed by atoms with E-state index in [2.05, 4.69) is 15.5 Å². The molecule has 0 atom stereocenters. The minimum atomic E-state index is -4.30. The largest absolute Gasteiger partial charge is 0.416 e. The normalized spacial score (nSPS) is 12.2. The summed E-state index contributed by atoms with van der Waals surface area (Å²) in [4.78, 5) is 2.12. The molecule has 0 N–H and O–H groups in total. The van der Waals surface area contributed by atoms with Crippen LogP contribution in [0.5, 0.6) is 0 Å². The SMILES string of the molecule is CN(C)CCn1ccc2ccc(-c3ccc(C(F)(F)F)cc3)cc21. The van der Waals surface area contributed by atoms with E-state index in [0.29, 0.717) is 0 Å². The molecule has 1 aromatic heterocycles. The highest BCUT2D eigenvalue weighted by Crippen LogP contribution is 2.31. The lowest BCUT2D eigenvalue weighted by Gasteiger charge is -2.12. The zero-order valence-corrected chi connectivity index (χ0v) is 13.6. The van der Waals surface area contributed by atoms with Crippen molar-refractivity contribution in [2.24, 2.45) is 0 Å². The van der Waals surface area contributed by atoms with Crippen LogP contribution in [0.15, 0.2) is 54.7 Å². The molecule has 3 rings (SSSR count). The zero-order chi connectivity index (χ0) is 17.3. The molecule has 5 heteroatoms. The summed E-state index contributed by atoms with van der Waals surface area (Å²) >= 11 is 0. The Morgan fingerprint density at radius 2 is 1.58 bits per heavy atom. The number of likely N-dealkylation sites (N-methyl/N-ethyl adjacent to an activating group) is 1. The molecule has 0 radical (unpaired) electrons. The molecule has 0 saturated carbocycles. The highest BCUT2D eigenvalue weighted by molar-refractivity contribution is 5.85. The van der Waals surface area contributed by atoms with Crippen molar-refractivity contribution < 1.29 is 13.2 Å². The Labute approximate surface area is 139 Å². The number of aromatic nitrogens is 1. The molecular formula is C19H19F3N2. The summed E-state index contributed by atoms with van der Waals surface area (Å²) in [5.74, 6) is 0. The van der Waals surface area contributed by atoms with E-state index in [0.717, 1.165) is 47.3 Å². The van der Waals surface area contributed by atoms with Crippen LogP contribution in [0.25, 0.3) is 22.0 Å². The molecule has 0 amide bonds. The summed E-state index contributed by atoms with van der Waals surface area (Å²) in [5, 5.41) is 1.13. The van der Waals surface area contributed by atoms with Gasteiger partial charge in [0.2, 0.25) is 0 Å². The van der Waals surface area contributed by atoms with Crippen LogP contribution in [0.3, 0.4) is 0 Å². The first-order valence-corrected chi connectivity index (χ1v) is 7.76. The van der Waals surface area contributed by atoms with Crippen LogP contribution in [0.4, 0.5) is 13.2 Å². The monoisotopic (exact) mass is 332 g/mol. The highest BCUT2D eigenvalue weighted by Gasteiger charge is 2.29. The first-order chi connectivity index (χ1) is 11.3. The second-order valence-electron chi connectivity index (χ2n) is 6.16. The van der Waals surface area contributed by atoms with Gasteiger partial charge in [-0.05, 0) is 54.9 Å². The average Bonchev–Trinajstić information content (AvgIpc) is 2.94. The maximum Gasteiger partial charge on any atom is 0.416 e. The third-order valence-corrected chi connectivity index (χ3v) is 4.11. The number of rotatable bonds is 4. The fourth-order valence-electron chi connectivity index (χ4n) is 2.72. The van der Waals surface area contributed by atoms with Gasteiger partial charge in [-0.15, -0.1) is 0 Å². The van der Waals surface area contributed by atoms with Gasteiger partial charge in [-0.25, -0.2) is 0 Å². The summed E-state index contributed by atoms with van der Waals surface area (Å²) in [6, 6.07) is 13.4. The van der Waals surface area contributed by atoms with Gasteiger partial charge < -0.3 is 9.47 Å². The third kappa shape index (κ3) is 3.46. The van der Waals surface area contributed by atoms with Crippen molar-refractivity contribution in [2.45, 2.75) is 12.7 Å². The zero-order valence-electron chi connectivity index (χ0n) is 13.6. The van der Waals surface area contributed by atoms with Crippen molar-refractivity contribution in [1.29, 1.82) is 0 Å². The van der Waals surface area contributed by atoms with Gasteiger partial charge in [0.1, 0.15) is 0 Å². The second kappa shape index (κ2) is 6.32. The van der Waals surface area contributed by atoms with E-state index >= 15 is 0 Å². The van der Waals surface area contributed by atoms with Gasteiger partial charge >= 0.3 is 6.18 Å². The van der Waals surface area contributed by atoms with Crippen molar-refractivity contribution in [3.63, 3.8) is 0 Å². The molecule has 0 unspecified atom stereocenters. The molecule has 0 aliphatic heterocycles. The van der Waals surface area contributed by atoms with Gasteiger partial charge in [0.15, 0.2) is 0 Å². The number of alkyl halides is 3. The van der Waals surface area contributed by atoms with Gasteiger partial charge in [0.05, 0.1) is 5.56 Å². The Hall–Kier alpha value is -2.27. The van der Waals surface area contributed by atoms with Crippen molar-refractivity contribution in [1.82, 2.24) is 9.47 Å². The van der Waals surface area contributed by atoms with Crippen LogP contribution in [0, 0.1) is 0 Å². The maximum atomic E-state index is 12.7. The van der Waals surface area contributed by atoms with Gasteiger partial charge in [0, 0.05) is 24.8 Å². The smallest absolute Gasteiger partial charge is 0.346 e. The number of fused-ring (bicyclic) bond motifs is 1. The summed E-state index contributed by atoms with van der Waals surface area (Å²) in [5.41, 5.74) is 2.17. The minimum Gasteiger partial charge on any atom is -0.346 e. The molecule has 0 fully saturated rings. The summed E-state index contributed by atoms with van der Waals surface area (Å²) in [7, 11) is 4.05. The van der Waals surface area contributed by atoms with Crippen LogP contribution < -0.4 is 0 Å². The predicted octanol–water partition coefficient (Wildman–Crippen LogP) is 4.89. The molecule has 0 spiro atoms. The van der Waals surface area contributed by atoms with Crippen LogP contribution in [-0.4, -0.2) is 30.1 Å². The highest BCUT2D eigenvalue weighted by atomic mass is 19.4. The number of nitrogens with zero attached hydrogens (tertiary/aromatic N) is 2. The molecule has 0 saturated heterocycles. The second-order valence-corrected chi connectivity index (χ2v) is 6.16. The molecular weight excluding hydrogens is 313 g/mol. The summed E-state index contributed by atoms with van der Waals surface area (Å²) in [6.07, 6.45) is -2.26. The van der Waals surface area contributed by atoms with Crippen LogP contribution in [0.1, 0.15) is 5.56 Å². The lowest BCUT2D eigenvalue weighted by atomic mass is 10.0. The Morgan fingerprint density at radius 3 is 2.21 bits per heavy atom. The number of halogens is 3. The summed E-state index contributed by atoms with van der Waals surface area (Å²) < 4.78 is 40.2. The summed E-state index contributed by atoms with van der Waals surface area (Å²) in [6.45, 7) is 1.79. The fourth-order valence-corrected chi connectivity index (χ4v) is 2.72. The standard InChI is InChI=1S/C19H19F3N2/c1-23(2)11-12-24-10-9-15-3-4-16(13-18(15)24)14-5-7-17(8-6-14)19(20,21)22/h3-10,13H,11-12H2,1-2H3. The topological polar surface area (TPSA) is 8.17 Å². The molecule has 2 nitrogen and oxygen atoms in total. The van der Waals surface area contributed by atoms with Gasteiger partial charge in [0.25, 0.3) is 0 Å². The third-order valence-electron chi connectivity index (χ3n) is 4.11. The molecule has 1 heterocycles. The van der Waals surface area contributed by atoms with Crippen LogP contribution in [0.2, 0.25) is 0 Å². The first-order valence-electron chi connectivity index (χ1n) is 7.76. The Bertz CT molecular complexity index is 830.